The predicted molar refractivity (Wildman–Crippen MR) is 113 cm³/mol. The number of thioether (sulfide) groups is 1. The summed E-state index contributed by atoms with van der Waals surface area (Å²) in [6.45, 7) is 3.33. The molecule has 0 bridgehead atoms. The monoisotopic (exact) mass is 445 g/mol. The van der Waals surface area contributed by atoms with Crippen molar-refractivity contribution in [3.05, 3.63) is 59.7 Å². The first kappa shape index (κ1) is 21.3. The Morgan fingerprint density at radius 1 is 1.23 bits per heavy atom. The molecular weight excluding hydrogens is 424 g/mol. The number of imide groups is 1. The number of benzene rings is 2. The molecule has 2 aliphatic rings. The van der Waals surface area contributed by atoms with Crippen molar-refractivity contribution >= 4 is 35.3 Å². The van der Waals surface area contributed by atoms with Gasteiger partial charge in [0.1, 0.15) is 23.7 Å². The van der Waals surface area contributed by atoms with E-state index < -0.39 is 41.6 Å². The van der Waals surface area contributed by atoms with Crippen molar-refractivity contribution in [1.82, 2.24) is 10.2 Å². The number of urea groups is 1. The highest BCUT2D eigenvalue weighted by Gasteiger charge is 2.51. The fraction of sp³-hybridized carbons (Fsp3) is 0.318. The van der Waals surface area contributed by atoms with Gasteiger partial charge in [-0.3, -0.25) is 14.5 Å². The molecule has 9 heteroatoms. The molecule has 2 aromatic rings. The summed E-state index contributed by atoms with van der Waals surface area (Å²) in [4.78, 5) is 42.0. The molecule has 6 nitrogen and oxygen atoms in total. The Balaban J connectivity index is 1.60. The molecular formula is C22H21F2N3O3S. The van der Waals surface area contributed by atoms with Crippen molar-refractivity contribution in [2.75, 3.05) is 18.0 Å². The number of para-hydroxylation sites is 1. The van der Waals surface area contributed by atoms with Crippen molar-refractivity contribution in [1.29, 1.82) is 0 Å². The second kappa shape index (κ2) is 7.96. The molecule has 2 aromatic carbocycles. The lowest BCUT2D eigenvalue weighted by Gasteiger charge is -2.25. The maximum atomic E-state index is 14.3. The van der Waals surface area contributed by atoms with Gasteiger partial charge in [-0.15, -0.1) is 11.8 Å². The van der Waals surface area contributed by atoms with Crippen LogP contribution in [0, 0.1) is 11.6 Å². The van der Waals surface area contributed by atoms with E-state index in [1.807, 2.05) is 24.3 Å². The molecule has 31 heavy (non-hydrogen) atoms. The van der Waals surface area contributed by atoms with E-state index in [0.717, 1.165) is 40.1 Å². The summed E-state index contributed by atoms with van der Waals surface area (Å²) in [6, 6.07) is 9.36. The van der Waals surface area contributed by atoms with Gasteiger partial charge >= 0.3 is 6.03 Å². The Morgan fingerprint density at radius 2 is 1.97 bits per heavy atom. The molecule has 1 fully saturated rings. The van der Waals surface area contributed by atoms with Crippen LogP contribution in [0.15, 0.2) is 47.4 Å². The smallest absolute Gasteiger partial charge is 0.319 e. The van der Waals surface area contributed by atoms with Gasteiger partial charge in [-0.25, -0.2) is 13.6 Å². The van der Waals surface area contributed by atoms with E-state index >= 15 is 0 Å². The summed E-state index contributed by atoms with van der Waals surface area (Å²) in [5.41, 5.74) is -1.36. The number of rotatable bonds is 3. The Hall–Kier alpha value is -2.94. The van der Waals surface area contributed by atoms with Crippen molar-refractivity contribution in [2.45, 2.75) is 36.0 Å². The van der Waals surface area contributed by atoms with E-state index in [2.05, 4.69) is 12.2 Å². The van der Waals surface area contributed by atoms with Crippen LogP contribution in [0.25, 0.3) is 0 Å². The number of fused-ring (bicyclic) bond motifs is 1. The fourth-order valence-corrected chi connectivity index (χ4v) is 4.98. The Kier molecular flexibility index (Phi) is 5.47. The number of nitrogens with one attached hydrogen (secondary N) is 1. The molecule has 0 unspecified atom stereocenters. The second-order valence-electron chi connectivity index (χ2n) is 7.80. The summed E-state index contributed by atoms with van der Waals surface area (Å²) >= 11 is 1.67. The fourth-order valence-electron chi connectivity index (χ4n) is 3.87. The minimum absolute atomic E-state index is 0.286. The summed E-state index contributed by atoms with van der Waals surface area (Å²) < 4.78 is 28.0. The average molecular weight is 445 g/mol. The largest absolute Gasteiger partial charge is 0.325 e. The topological polar surface area (TPSA) is 69.7 Å². The van der Waals surface area contributed by atoms with Gasteiger partial charge in [-0.05, 0) is 43.7 Å². The van der Waals surface area contributed by atoms with Gasteiger partial charge in [0.05, 0.1) is 5.69 Å². The van der Waals surface area contributed by atoms with E-state index in [1.165, 1.54) is 6.92 Å². The molecule has 4 rings (SSSR count). The van der Waals surface area contributed by atoms with Crippen LogP contribution < -0.4 is 10.2 Å². The second-order valence-corrected chi connectivity index (χ2v) is 9.28. The van der Waals surface area contributed by atoms with E-state index in [0.29, 0.717) is 11.8 Å². The van der Waals surface area contributed by atoms with Gasteiger partial charge in [0.2, 0.25) is 5.91 Å². The van der Waals surface area contributed by atoms with E-state index in [-0.39, 0.29) is 5.56 Å². The van der Waals surface area contributed by atoms with Crippen molar-refractivity contribution in [3.8, 4) is 0 Å². The molecule has 4 amide bonds. The van der Waals surface area contributed by atoms with Crippen LogP contribution in [0.1, 0.15) is 25.8 Å². The lowest BCUT2D eigenvalue weighted by molar-refractivity contribution is -0.134. The van der Waals surface area contributed by atoms with Crippen LogP contribution in [0.5, 0.6) is 0 Å². The maximum absolute atomic E-state index is 14.3. The van der Waals surface area contributed by atoms with Crippen molar-refractivity contribution in [2.24, 2.45) is 0 Å². The number of amides is 4. The Bertz CT molecular complexity index is 1080. The van der Waals surface area contributed by atoms with Gasteiger partial charge in [0.15, 0.2) is 0 Å². The maximum Gasteiger partial charge on any atom is 0.325 e. The number of anilines is 1. The molecule has 1 N–H and O–H groups in total. The van der Waals surface area contributed by atoms with E-state index in [4.69, 9.17) is 0 Å². The highest BCUT2D eigenvalue weighted by atomic mass is 32.2. The van der Waals surface area contributed by atoms with Gasteiger partial charge in [-0.2, -0.15) is 0 Å². The van der Waals surface area contributed by atoms with Crippen molar-refractivity contribution < 1.29 is 23.2 Å². The zero-order chi connectivity index (χ0) is 22.3. The molecule has 2 aliphatic heterocycles. The molecule has 2 atom stereocenters. The highest BCUT2D eigenvalue weighted by molar-refractivity contribution is 8.00. The molecule has 0 spiro atoms. The van der Waals surface area contributed by atoms with E-state index in [9.17, 15) is 23.2 Å². The quantitative estimate of drug-likeness (QED) is 0.733. The van der Waals surface area contributed by atoms with Gasteiger partial charge < -0.3 is 10.2 Å². The number of hydrogen-bond acceptors (Lipinski definition) is 4. The number of halogens is 2. The first-order valence-electron chi connectivity index (χ1n) is 9.86. The Labute approximate surface area is 182 Å². The number of hydrogen-bond donors (Lipinski definition) is 1. The zero-order valence-electron chi connectivity index (χ0n) is 17.0. The number of carbonyl (C=O) groups is 3. The Morgan fingerprint density at radius 3 is 2.74 bits per heavy atom. The highest BCUT2D eigenvalue weighted by Crippen LogP contribution is 2.37. The summed E-state index contributed by atoms with van der Waals surface area (Å²) in [5, 5.41) is 2.72. The molecule has 0 aliphatic carbocycles. The standard InChI is InChI=1S/C22H21F2N3O3S/c1-13-9-10-26(17-5-3-4-6-18(17)31-13)19(28)12-27-20(29)22(2,25-21(27)30)15-11-14(23)7-8-16(15)24/h3-8,11,13H,9-10,12H2,1-2H3,(H,25,30)/t13-,22-/m1/s1. The molecule has 162 valence electrons. The predicted octanol–water partition coefficient (Wildman–Crippen LogP) is 3.65. The third kappa shape index (κ3) is 3.78. The number of carbonyl (C=O) groups excluding carboxylic acids is 3. The van der Waals surface area contributed by atoms with Crippen LogP contribution >= 0.6 is 11.8 Å². The first-order valence-corrected chi connectivity index (χ1v) is 10.7. The summed E-state index contributed by atoms with van der Waals surface area (Å²) in [5.74, 6) is -2.78. The van der Waals surface area contributed by atoms with E-state index in [1.54, 1.807) is 16.7 Å². The van der Waals surface area contributed by atoms with Gasteiger partial charge in [0, 0.05) is 22.3 Å². The van der Waals surface area contributed by atoms with Crippen LogP contribution in [-0.2, 0) is 15.1 Å². The van der Waals surface area contributed by atoms with Crippen LogP contribution in [0.3, 0.4) is 0 Å². The zero-order valence-corrected chi connectivity index (χ0v) is 17.8. The average Bonchev–Trinajstić information content (AvgIpc) is 2.86. The third-order valence-electron chi connectivity index (χ3n) is 5.58. The SMILES string of the molecule is C[C@@H]1CCN(C(=O)CN2C(=O)N[C@](C)(c3cc(F)ccc3F)C2=O)c2ccccc2S1. The third-order valence-corrected chi connectivity index (χ3v) is 6.82. The van der Waals surface area contributed by atoms with Gasteiger partial charge in [0.25, 0.3) is 5.91 Å². The molecule has 0 saturated carbocycles. The normalized spacial score (nSPS) is 23.4. The molecule has 0 aromatic heterocycles. The van der Waals surface area contributed by atoms with Crippen LogP contribution in [-0.4, -0.2) is 41.1 Å². The minimum atomic E-state index is -1.80. The number of nitrogens with zero attached hydrogens (tertiary/aromatic N) is 2. The van der Waals surface area contributed by atoms with Crippen LogP contribution in [0.2, 0.25) is 0 Å². The van der Waals surface area contributed by atoms with Gasteiger partial charge in [-0.1, -0.05) is 19.1 Å². The lowest BCUT2D eigenvalue weighted by Crippen LogP contribution is -2.45. The summed E-state index contributed by atoms with van der Waals surface area (Å²) in [6.07, 6.45) is 0.747. The van der Waals surface area contributed by atoms with Crippen molar-refractivity contribution in [3.63, 3.8) is 0 Å². The van der Waals surface area contributed by atoms with Crippen LogP contribution in [0.4, 0.5) is 19.3 Å². The molecule has 2 heterocycles. The lowest BCUT2D eigenvalue weighted by atomic mass is 9.91. The first-order chi connectivity index (χ1) is 14.7. The summed E-state index contributed by atoms with van der Waals surface area (Å²) in [7, 11) is 0. The minimum Gasteiger partial charge on any atom is -0.319 e. The molecule has 0 radical (unpaired) electrons. The molecule has 1 saturated heterocycles.